The van der Waals surface area contributed by atoms with Crippen molar-refractivity contribution in [3.63, 3.8) is 0 Å². The van der Waals surface area contributed by atoms with Crippen molar-refractivity contribution in [1.82, 2.24) is 14.9 Å². The van der Waals surface area contributed by atoms with E-state index < -0.39 is 0 Å². The zero-order chi connectivity index (χ0) is 14.4. The van der Waals surface area contributed by atoms with E-state index >= 15 is 0 Å². The van der Waals surface area contributed by atoms with Crippen LogP contribution in [-0.2, 0) is 6.42 Å². The van der Waals surface area contributed by atoms with E-state index in [0.29, 0.717) is 6.04 Å². The van der Waals surface area contributed by atoms with Crippen molar-refractivity contribution in [2.45, 2.75) is 45.6 Å². The molecule has 0 spiro atoms. The van der Waals surface area contributed by atoms with Crippen LogP contribution in [0.5, 0.6) is 0 Å². The van der Waals surface area contributed by atoms with Crippen LogP contribution in [0.4, 0.5) is 11.6 Å². The summed E-state index contributed by atoms with van der Waals surface area (Å²) in [6, 6.07) is 2.53. The standard InChI is InChI=1S/C15H27N5/c1-4-8-20-9-6-12(7-10-20)17-15-11-14(16-3)18-13(5-2)19-15/h11-12H,4-10H2,1-3H3,(H2,16,17,18,19). The van der Waals surface area contributed by atoms with Gasteiger partial charge in [0, 0.05) is 38.7 Å². The largest absolute Gasteiger partial charge is 0.373 e. The van der Waals surface area contributed by atoms with Gasteiger partial charge in [-0.3, -0.25) is 0 Å². The van der Waals surface area contributed by atoms with E-state index in [-0.39, 0.29) is 0 Å². The molecule has 0 saturated carbocycles. The predicted molar refractivity (Wildman–Crippen MR) is 84.3 cm³/mol. The topological polar surface area (TPSA) is 53.1 Å². The van der Waals surface area contributed by atoms with Gasteiger partial charge in [-0.05, 0) is 25.8 Å². The van der Waals surface area contributed by atoms with E-state index in [1.54, 1.807) is 0 Å². The molecule has 1 fully saturated rings. The fourth-order valence-corrected chi connectivity index (χ4v) is 2.68. The SMILES string of the molecule is CCCN1CCC(Nc2cc(NC)nc(CC)n2)CC1. The molecule has 20 heavy (non-hydrogen) atoms. The molecule has 2 N–H and O–H groups in total. The number of hydrogen-bond donors (Lipinski definition) is 2. The lowest BCUT2D eigenvalue weighted by Crippen LogP contribution is -2.39. The second-order valence-electron chi connectivity index (χ2n) is 5.42. The third-order valence-electron chi connectivity index (χ3n) is 3.82. The molecule has 1 aliphatic rings. The molecule has 0 bridgehead atoms. The zero-order valence-corrected chi connectivity index (χ0v) is 12.9. The summed E-state index contributed by atoms with van der Waals surface area (Å²) in [6.07, 6.45) is 4.50. The van der Waals surface area contributed by atoms with Crippen molar-refractivity contribution < 1.29 is 0 Å². The van der Waals surface area contributed by atoms with E-state index in [9.17, 15) is 0 Å². The molecule has 0 radical (unpaired) electrons. The van der Waals surface area contributed by atoms with Gasteiger partial charge in [0.25, 0.3) is 0 Å². The van der Waals surface area contributed by atoms with Crippen LogP contribution in [-0.4, -0.2) is 47.6 Å². The Morgan fingerprint density at radius 3 is 2.50 bits per heavy atom. The van der Waals surface area contributed by atoms with Gasteiger partial charge >= 0.3 is 0 Å². The van der Waals surface area contributed by atoms with E-state index in [1.165, 1.54) is 38.9 Å². The molecule has 0 atom stereocenters. The third kappa shape index (κ3) is 4.07. The van der Waals surface area contributed by atoms with Gasteiger partial charge in [0.2, 0.25) is 0 Å². The molecule has 0 aliphatic carbocycles. The molecule has 0 unspecified atom stereocenters. The van der Waals surface area contributed by atoms with Crippen molar-refractivity contribution in [2.75, 3.05) is 37.3 Å². The Morgan fingerprint density at radius 2 is 1.90 bits per heavy atom. The number of piperidine rings is 1. The molecule has 2 heterocycles. The van der Waals surface area contributed by atoms with Crippen LogP contribution in [0.3, 0.4) is 0 Å². The molecular weight excluding hydrogens is 250 g/mol. The summed E-state index contributed by atoms with van der Waals surface area (Å²) in [4.78, 5) is 11.6. The highest BCUT2D eigenvalue weighted by Crippen LogP contribution is 2.17. The number of likely N-dealkylation sites (tertiary alicyclic amines) is 1. The van der Waals surface area contributed by atoms with Gasteiger partial charge in [-0.2, -0.15) is 0 Å². The monoisotopic (exact) mass is 277 g/mol. The minimum Gasteiger partial charge on any atom is -0.373 e. The van der Waals surface area contributed by atoms with Gasteiger partial charge in [0.05, 0.1) is 0 Å². The Morgan fingerprint density at radius 1 is 1.20 bits per heavy atom. The minimum atomic E-state index is 0.535. The lowest BCUT2D eigenvalue weighted by atomic mass is 10.0. The molecule has 5 heteroatoms. The lowest BCUT2D eigenvalue weighted by molar-refractivity contribution is 0.219. The summed E-state index contributed by atoms with van der Waals surface area (Å²) in [7, 11) is 1.90. The van der Waals surface area contributed by atoms with Crippen LogP contribution in [0.25, 0.3) is 0 Å². The lowest BCUT2D eigenvalue weighted by Gasteiger charge is -2.32. The first-order chi connectivity index (χ1) is 9.75. The third-order valence-corrected chi connectivity index (χ3v) is 3.82. The van der Waals surface area contributed by atoms with Gasteiger partial charge in [-0.25, -0.2) is 9.97 Å². The van der Waals surface area contributed by atoms with Crippen LogP contribution >= 0.6 is 0 Å². The van der Waals surface area contributed by atoms with E-state index in [1.807, 2.05) is 13.1 Å². The summed E-state index contributed by atoms with van der Waals surface area (Å²) >= 11 is 0. The molecule has 1 aromatic rings. The first-order valence-electron chi connectivity index (χ1n) is 7.79. The second kappa shape index (κ2) is 7.43. The molecule has 1 saturated heterocycles. The average molecular weight is 277 g/mol. The van der Waals surface area contributed by atoms with Gasteiger partial charge in [-0.1, -0.05) is 13.8 Å². The quantitative estimate of drug-likeness (QED) is 0.836. The predicted octanol–water partition coefficient (Wildman–Crippen LogP) is 2.37. The van der Waals surface area contributed by atoms with Crippen LogP contribution in [0.15, 0.2) is 6.07 Å². The Hall–Kier alpha value is -1.36. The van der Waals surface area contributed by atoms with E-state index in [4.69, 9.17) is 0 Å². The summed E-state index contributed by atoms with van der Waals surface area (Å²) in [5, 5.41) is 6.68. The summed E-state index contributed by atoms with van der Waals surface area (Å²) in [6.45, 7) is 7.94. The van der Waals surface area contributed by atoms with Crippen molar-refractivity contribution in [3.05, 3.63) is 11.9 Å². The van der Waals surface area contributed by atoms with E-state index in [0.717, 1.165) is 23.9 Å². The summed E-state index contributed by atoms with van der Waals surface area (Å²) in [5.74, 6) is 2.74. The first kappa shape index (κ1) is 15.0. The molecule has 0 amide bonds. The first-order valence-corrected chi connectivity index (χ1v) is 7.79. The maximum Gasteiger partial charge on any atom is 0.132 e. The number of rotatable bonds is 6. The van der Waals surface area contributed by atoms with Crippen molar-refractivity contribution in [1.29, 1.82) is 0 Å². The van der Waals surface area contributed by atoms with Crippen molar-refractivity contribution in [3.8, 4) is 0 Å². The van der Waals surface area contributed by atoms with Crippen LogP contribution in [0.1, 0.15) is 38.9 Å². The maximum atomic E-state index is 4.57. The fourth-order valence-electron chi connectivity index (χ4n) is 2.68. The Bertz CT molecular complexity index is 390. The molecule has 112 valence electrons. The van der Waals surface area contributed by atoms with Crippen molar-refractivity contribution >= 4 is 11.6 Å². The normalized spacial score (nSPS) is 17.1. The summed E-state index contributed by atoms with van der Waals surface area (Å²) < 4.78 is 0. The number of nitrogens with one attached hydrogen (secondary N) is 2. The van der Waals surface area contributed by atoms with Crippen LogP contribution in [0, 0.1) is 0 Å². The smallest absolute Gasteiger partial charge is 0.132 e. The molecule has 1 aromatic heterocycles. The van der Waals surface area contributed by atoms with Crippen LogP contribution < -0.4 is 10.6 Å². The molecule has 0 aromatic carbocycles. The number of nitrogens with zero attached hydrogens (tertiary/aromatic N) is 3. The average Bonchev–Trinajstić information content (AvgIpc) is 2.49. The van der Waals surface area contributed by atoms with Gasteiger partial charge < -0.3 is 15.5 Å². The van der Waals surface area contributed by atoms with Gasteiger partial charge in [-0.15, -0.1) is 0 Å². The van der Waals surface area contributed by atoms with E-state index in [2.05, 4.69) is 39.3 Å². The van der Waals surface area contributed by atoms with Gasteiger partial charge in [0.1, 0.15) is 17.5 Å². The second-order valence-corrected chi connectivity index (χ2v) is 5.42. The fraction of sp³-hybridized carbons (Fsp3) is 0.733. The number of aromatic nitrogens is 2. The highest BCUT2D eigenvalue weighted by atomic mass is 15.2. The Labute approximate surface area is 122 Å². The molecular formula is C15H27N5. The summed E-state index contributed by atoms with van der Waals surface area (Å²) in [5.41, 5.74) is 0. The number of aryl methyl sites for hydroxylation is 1. The molecule has 2 rings (SSSR count). The Balaban J connectivity index is 1.93. The maximum absolute atomic E-state index is 4.57. The molecule has 1 aliphatic heterocycles. The minimum absolute atomic E-state index is 0.535. The zero-order valence-electron chi connectivity index (χ0n) is 12.9. The van der Waals surface area contributed by atoms with Gasteiger partial charge in [0.15, 0.2) is 0 Å². The Kier molecular flexibility index (Phi) is 5.59. The highest BCUT2D eigenvalue weighted by Gasteiger charge is 2.18. The molecule has 5 nitrogen and oxygen atoms in total. The van der Waals surface area contributed by atoms with Crippen LogP contribution in [0.2, 0.25) is 0 Å². The number of hydrogen-bond acceptors (Lipinski definition) is 5. The highest BCUT2D eigenvalue weighted by molar-refractivity contribution is 5.47. The number of anilines is 2. The van der Waals surface area contributed by atoms with Crippen molar-refractivity contribution in [2.24, 2.45) is 0 Å².